The third-order valence-corrected chi connectivity index (χ3v) is 6.66. The number of phosphoric acid groups is 1. The molecule has 206 valence electrons. The van der Waals surface area contributed by atoms with E-state index in [4.69, 9.17) is 28.7 Å². The van der Waals surface area contributed by atoms with Crippen LogP contribution in [-0.2, 0) is 41.2 Å². The van der Waals surface area contributed by atoms with E-state index in [1.165, 1.54) is 10.9 Å². The summed E-state index contributed by atoms with van der Waals surface area (Å²) in [6, 6.07) is 12.5. The summed E-state index contributed by atoms with van der Waals surface area (Å²) in [4.78, 5) is 21.8. The Morgan fingerprint density at radius 1 is 1.16 bits per heavy atom. The Bertz CT molecular complexity index is 1350. The minimum Gasteiger partial charge on any atom is -0.434 e. The smallest absolute Gasteiger partial charge is 0.434 e. The SMILES string of the molecule is CC(C)(C)COC(=O)OCC1CCC(c2ccc3c(=N)n(COP(=O)(O)OCc4ccccc4)cnn23)O1. The predicted molar refractivity (Wildman–Crippen MR) is 135 cm³/mol. The summed E-state index contributed by atoms with van der Waals surface area (Å²) >= 11 is 0. The lowest BCUT2D eigenvalue weighted by molar-refractivity contribution is -0.0231. The van der Waals surface area contributed by atoms with Gasteiger partial charge < -0.3 is 19.1 Å². The molecule has 2 aromatic heterocycles. The molecule has 0 aliphatic carbocycles. The van der Waals surface area contributed by atoms with Gasteiger partial charge in [0.2, 0.25) is 0 Å². The van der Waals surface area contributed by atoms with Crippen molar-refractivity contribution < 1.29 is 37.5 Å². The number of benzene rings is 1. The molecule has 3 aromatic rings. The molecule has 1 aromatic carbocycles. The summed E-state index contributed by atoms with van der Waals surface area (Å²) in [6.45, 7) is 5.76. The molecule has 2 N–H and O–H groups in total. The first-order chi connectivity index (χ1) is 18.0. The largest absolute Gasteiger partial charge is 0.508 e. The van der Waals surface area contributed by atoms with Gasteiger partial charge in [0.1, 0.15) is 31.3 Å². The molecule has 38 heavy (non-hydrogen) atoms. The van der Waals surface area contributed by atoms with E-state index in [1.54, 1.807) is 34.8 Å². The number of hydrogen-bond donors (Lipinski definition) is 2. The van der Waals surface area contributed by atoms with E-state index in [0.717, 1.165) is 11.3 Å². The van der Waals surface area contributed by atoms with Crippen molar-refractivity contribution in [3.8, 4) is 0 Å². The Hall–Kier alpha value is -3.02. The van der Waals surface area contributed by atoms with Gasteiger partial charge >= 0.3 is 14.0 Å². The minimum atomic E-state index is -4.35. The summed E-state index contributed by atoms with van der Waals surface area (Å²) in [6.07, 6.45) is 1.44. The normalized spacial score (nSPS) is 19.4. The fraction of sp³-hybridized carbons (Fsp3) is 0.480. The molecule has 1 fully saturated rings. The highest BCUT2D eigenvalue weighted by molar-refractivity contribution is 7.47. The van der Waals surface area contributed by atoms with E-state index in [2.05, 4.69) is 5.10 Å². The van der Waals surface area contributed by atoms with Gasteiger partial charge in [-0.25, -0.2) is 13.9 Å². The minimum absolute atomic E-state index is 0.0359. The van der Waals surface area contributed by atoms with E-state index >= 15 is 0 Å². The summed E-state index contributed by atoms with van der Waals surface area (Å²) in [7, 11) is -4.35. The standard InChI is InChI=1S/C25H33N4O8P/c1-25(2,3)15-34-24(30)33-14-19-9-12-22(37-19)20-10-11-21-23(26)28(16-27-29(20)21)17-36-38(31,32)35-13-18-7-5-4-6-8-18/h4-8,10-11,16,19,22,26H,9,12-15,17H2,1-3H3,(H,31,32). The van der Waals surface area contributed by atoms with Crippen LogP contribution >= 0.6 is 7.82 Å². The number of fused-ring (bicyclic) bond motifs is 1. The van der Waals surface area contributed by atoms with Crippen LogP contribution in [0.5, 0.6) is 0 Å². The second-order valence-corrected chi connectivity index (χ2v) is 11.7. The molecule has 1 aliphatic heterocycles. The lowest BCUT2D eigenvalue weighted by Gasteiger charge is -2.18. The van der Waals surface area contributed by atoms with Crippen LogP contribution in [0.15, 0.2) is 48.8 Å². The molecule has 0 bridgehead atoms. The number of carbonyl (C=O) groups excluding carboxylic acids is 1. The van der Waals surface area contributed by atoms with Gasteiger partial charge in [0.25, 0.3) is 0 Å². The number of phosphoric ester groups is 1. The monoisotopic (exact) mass is 548 g/mol. The molecule has 13 heteroatoms. The maximum atomic E-state index is 12.3. The van der Waals surface area contributed by atoms with E-state index in [1.807, 2.05) is 32.9 Å². The molecular formula is C25H33N4O8P. The average molecular weight is 549 g/mol. The Morgan fingerprint density at radius 2 is 1.92 bits per heavy atom. The van der Waals surface area contributed by atoms with Crippen LogP contribution in [0.25, 0.3) is 5.52 Å². The first-order valence-electron chi connectivity index (χ1n) is 12.2. The Balaban J connectivity index is 1.32. The lowest BCUT2D eigenvalue weighted by Crippen LogP contribution is -2.25. The molecule has 0 spiro atoms. The first-order valence-corrected chi connectivity index (χ1v) is 13.7. The van der Waals surface area contributed by atoms with Crippen LogP contribution in [-0.4, -0.2) is 44.5 Å². The number of carbonyl (C=O) groups is 1. The van der Waals surface area contributed by atoms with Gasteiger partial charge in [-0.3, -0.25) is 19.0 Å². The van der Waals surface area contributed by atoms with Crippen LogP contribution < -0.4 is 5.49 Å². The van der Waals surface area contributed by atoms with Crippen molar-refractivity contribution in [3.05, 3.63) is 65.5 Å². The van der Waals surface area contributed by atoms with Gasteiger partial charge in [-0.15, -0.1) is 0 Å². The van der Waals surface area contributed by atoms with Gasteiger partial charge in [-0.1, -0.05) is 51.1 Å². The third-order valence-electron chi connectivity index (χ3n) is 5.77. The molecule has 1 saturated heterocycles. The van der Waals surface area contributed by atoms with Gasteiger partial charge in [0.15, 0.2) is 5.49 Å². The molecule has 3 atom stereocenters. The van der Waals surface area contributed by atoms with E-state index < -0.39 is 20.7 Å². The molecule has 3 heterocycles. The van der Waals surface area contributed by atoms with Crippen molar-refractivity contribution in [1.29, 1.82) is 5.41 Å². The zero-order valence-corrected chi connectivity index (χ0v) is 22.5. The Morgan fingerprint density at radius 3 is 2.66 bits per heavy atom. The topological polar surface area (TPSA) is 147 Å². The second kappa shape index (κ2) is 11.8. The van der Waals surface area contributed by atoms with Gasteiger partial charge in [0, 0.05) is 0 Å². The van der Waals surface area contributed by atoms with Gasteiger partial charge in [-0.05, 0) is 36.0 Å². The summed E-state index contributed by atoms with van der Waals surface area (Å²) in [5, 5.41) is 12.9. The van der Waals surface area contributed by atoms with Crippen LogP contribution in [0.3, 0.4) is 0 Å². The van der Waals surface area contributed by atoms with E-state index in [-0.39, 0.29) is 42.9 Å². The van der Waals surface area contributed by atoms with E-state index in [9.17, 15) is 14.3 Å². The molecular weight excluding hydrogens is 515 g/mol. The highest BCUT2D eigenvalue weighted by Crippen LogP contribution is 2.44. The number of rotatable bonds is 10. The Kier molecular flexibility index (Phi) is 8.69. The predicted octanol–water partition coefficient (Wildman–Crippen LogP) is 4.33. The number of hydrogen-bond acceptors (Lipinski definition) is 9. The van der Waals surface area contributed by atoms with Crippen molar-refractivity contribution >= 4 is 19.5 Å². The van der Waals surface area contributed by atoms with Crippen LogP contribution in [0.4, 0.5) is 4.79 Å². The fourth-order valence-corrected chi connectivity index (χ4v) is 4.50. The summed E-state index contributed by atoms with van der Waals surface area (Å²) < 4.78 is 41.7. The molecule has 0 amide bonds. The highest BCUT2D eigenvalue weighted by Gasteiger charge is 2.30. The van der Waals surface area contributed by atoms with Gasteiger partial charge in [0.05, 0.1) is 25.0 Å². The maximum absolute atomic E-state index is 12.3. The number of nitrogens with zero attached hydrogens (tertiary/aromatic N) is 3. The molecule has 4 rings (SSSR count). The fourth-order valence-electron chi connectivity index (χ4n) is 3.84. The first kappa shape index (κ1) is 28.0. The quantitative estimate of drug-likeness (QED) is 0.279. The highest BCUT2D eigenvalue weighted by atomic mass is 31.2. The van der Waals surface area contributed by atoms with Crippen molar-refractivity contribution in [3.63, 3.8) is 0 Å². The molecule has 3 unspecified atom stereocenters. The zero-order valence-electron chi connectivity index (χ0n) is 21.6. The molecule has 1 aliphatic rings. The van der Waals surface area contributed by atoms with E-state index in [0.29, 0.717) is 18.4 Å². The zero-order chi connectivity index (χ0) is 27.3. The summed E-state index contributed by atoms with van der Waals surface area (Å²) in [5.74, 6) is 0. The average Bonchev–Trinajstić information content (AvgIpc) is 3.52. The second-order valence-electron chi connectivity index (χ2n) is 10.2. The van der Waals surface area contributed by atoms with Crippen molar-refractivity contribution in [2.24, 2.45) is 5.41 Å². The summed E-state index contributed by atoms with van der Waals surface area (Å²) in [5.41, 5.74) is 1.84. The number of ether oxygens (including phenoxy) is 3. The van der Waals surface area contributed by atoms with Crippen LogP contribution in [0.2, 0.25) is 0 Å². The third kappa shape index (κ3) is 7.52. The molecule has 12 nitrogen and oxygen atoms in total. The van der Waals surface area contributed by atoms with Crippen molar-refractivity contribution in [2.45, 2.75) is 59.2 Å². The molecule has 0 saturated carbocycles. The number of nitrogens with one attached hydrogen (secondary N) is 1. The maximum Gasteiger partial charge on any atom is 0.508 e. The number of aromatic nitrogens is 3. The van der Waals surface area contributed by atoms with Gasteiger partial charge in [-0.2, -0.15) is 5.10 Å². The Labute approximate surface area is 220 Å². The molecule has 0 radical (unpaired) electrons. The van der Waals surface area contributed by atoms with Crippen molar-refractivity contribution in [2.75, 3.05) is 13.2 Å². The lowest BCUT2D eigenvalue weighted by atomic mass is 9.99. The van der Waals surface area contributed by atoms with Crippen LogP contribution in [0, 0.1) is 10.8 Å². The van der Waals surface area contributed by atoms with Crippen molar-refractivity contribution in [1.82, 2.24) is 14.2 Å². The van der Waals surface area contributed by atoms with Crippen LogP contribution in [0.1, 0.15) is 51.0 Å².